The van der Waals surface area contributed by atoms with E-state index < -0.39 is 15.9 Å². The fraction of sp³-hybridized carbons (Fsp3) is 0.125. The van der Waals surface area contributed by atoms with E-state index in [2.05, 4.69) is 4.72 Å². The molecule has 0 saturated carbocycles. The molecule has 0 aliphatic carbocycles. The van der Waals surface area contributed by atoms with Crippen LogP contribution in [0.15, 0.2) is 29.2 Å². The minimum atomic E-state index is -3.68. The SMILES string of the molecule is C.O.O=C1[N-]S(=O)(=O)c2ccccc21.[Na+]. The van der Waals surface area contributed by atoms with Gasteiger partial charge in [-0.25, -0.2) is 8.42 Å². The van der Waals surface area contributed by atoms with Crippen LogP contribution in [0.4, 0.5) is 0 Å². The fourth-order valence-corrected chi connectivity index (χ4v) is 2.17. The zero-order valence-corrected chi connectivity index (χ0v) is 10.2. The Morgan fingerprint density at radius 2 is 1.67 bits per heavy atom. The molecular weight excluding hydrogens is 229 g/mol. The number of hydrogen-bond acceptors (Lipinski definition) is 3. The van der Waals surface area contributed by atoms with E-state index in [9.17, 15) is 13.2 Å². The number of carbonyl (C=O) groups is 1. The summed E-state index contributed by atoms with van der Waals surface area (Å²) in [4.78, 5) is 10.9. The zero-order chi connectivity index (χ0) is 8.77. The molecular formula is C8H10NNaO4S. The summed E-state index contributed by atoms with van der Waals surface area (Å²) in [5.74, 6) is -0.675. The second-order valence-corrected chi connectivity index (χ2v) is 3.94. The van der Waals surface area contributed by atoms with E-state index >= 15 is 0 Å². The van der Waals surface area contributed by atoms with Crippen molar-refractivity contribution >= 4 is 15.9 Å². The van der Waals surface area contributed by atoms with Crippen molar-refractivity contribution in [3.63, 3.8) is 0 Å². The topological polar surface area (TPSA) is 96.8 Å². The van der Waals surface area contributed by atoms with Crippen LogP contribution in [0.5, 0.6) is 0 Å². The van der Waals surface area contributed by atoms with Crippen LogP contribution >= 0.6 is 0 Å². The van der Waals surface area contributed by atoms with Crippen molar-refractivity contribution < 1.29 is 48.2 Å². The Labute approximate surface area is 111 Å². The number of hydrogen-bond donors (Lipinski definition) is 0. The molecule has 0 unspecified atom stereocenters. The van der Waals surface area contributed by atoms with Crippen LogP contribution in [0.25, 0.3) is 4.72 Å². The number of amides is 1. The van der Waals surface area contributed by atoms with E-state index in [0.29, 0.717) is 0 Å². The molecule has 1 aliphatic heterocycles. The summed E-state index contributed by atoms with van der Waals surface area (Å²) < 4.78 is 25.2. The van der Waals surface area contributed by atoms with Crippen LogP contribution in [0, 0.1) is 0 Å². The predicted octanol–water partition coefficient (Wildman–Crippen LogP) is -2.28. The van der Waals surface area contributed by atoms with Crippen LogP contribution in [-0.2, 0) is 10.0 Å². The fourth-order valence-electron chi connectivity index (χ4n) is 1.08. The largest absolute Gasteiger partial charge is 1.00 e. The molecule has 0 radical (unpaired) electrons. The van der Waals surface area contributed by atoms with Crippen LogP contribution < -0.4 is 29.6 Å². The van der Waals surface area contributed by atoms with Crippen LogP contribution in [0.1, 0.15) is 17.8 Å². The number of nitrogens with zero attached hydrogens (tertiary/aromatic N) is 1. The molecule has 15 heavy (non-hydrogen) atoms. The molecule has 0 aromatic heterocycles. The summed E-state index contributed by atoms with van der Waals surface area (Å²) in [6.07, 6.45) is 0. The zero-order valence-electron chi connectivity index (χ0n) is 7.39. The molecule has 78 valence electrons. The van der Waals surface area contributed by atoms with Gasteiger partial charge in [0.1, 0.15) is 10.0 Å². The maximum atomic E-state index is 11.1. The van der Waals surface area contributed by atoms with Gasteiger partial charge in [-0.1, -0.05) is 25.6 Å². The van der Waals surface area contributed by atoms with Crippen molar-refractivity contribution in [2.45, 2.75) is 12.3 Å². The first kappa shape index (κ1) is 17.0. The molecule has 1 aromatic carbocycles. The molecule has 2 rings (SSSR count). The molecule has 1 aliphatic rings. The van der Waals surface area contributed by atoms with Gasteiger partial charge in [-0.05, 0) is 6.07 Å². The van der Waals surface area contributed by atoms with E-state index in [4.69, 9.17) is 0 Å². The van der Waals surface area contributed by atoms with E-state index in [1.165, 1.54) is 12.1 Å². The van der Waals surface area contributed by atoms with Gasteiger partial charge in [0.15, 0.2) is 0 Å². The van der Waals surface area contributed by atoms with E-state index in [1.54, 1.807) is 12.1 Å². The van der Waals surface area contributed by atoms with Crippen molar-refractivity contribution in [1.82, 2.24) is 0 Å². The predicted molar refractivity (Wildman–Crippen MR) is 51.7 cm³/mol. The number of benzene rings is 1. The third-order valence-corrected chi connectivity index (χ3v) is 2.92. The second kappa shape index (κ2) is 5.62. The summed E-state index contributed by atoms with van der Waals surface area (Å²) in [6, 6.07) is 5.99. The Balaban J connectivity index is 0. The Morgan fingerprint density at radius 1 is 1.13 bits per heavy atom. The minimum Gasteiger partial charge on any atom is -0.537 e. The van der Waals surface area contributed by atoms with Crippen molar-refractivity contribution in [3.05, 3.63) is 34.6 Å². The quantitative estimate of drug-likeness (QED) is 0.477. The number of fused-ring (bicyclic) bond motifs is 1. The normalized spacial score (nSPS) is 14.8. The van der Waals surface area contributed by atoms with Gasteiger partial charge in [0.2, 0.25) is 0 Å². The molecule has 7 heteroatoms. The average Bonchev–Trinajstić information content (AvgIpc) is 2.25. The maximum Gasteiger partial charge on any atom is 1.00 e. The van der Waals surface area contributed by atoms with Crippen molar-refractivity contribution in [2.24, 2.45) is 0 Å². The maximum absolute atomic E-state index is 11.1. The first-order valence-electron chi connectivity index (χ1n) is 3.23. The Bertz CT molecular complexity index is 457. The molecule has 0 bridgehead atoms. The van der Waals surface area contributed by atoms with Crippen molar-refractivity contribution in [1.29, 1.82) is 0 Å². The van der Waals surface area contributed by atoms with Gasteiger partial charge in [-0.2, -0.15) is 0 Å². The number of sulfonamides is 1. The van der Waals surface area contributed by atoms with E-state index in [-0.39, 0.29) is 52.9 Å². The summed E-state index contributed by atoms with van der Waals surface area (Å²) in [6.45, 7) is 0. The number of carbonyl (C=O) groups excluding carboxylic acids is 1. The number of rotatable bonds is 0. The Kier molecular flexibility index (Phi) is 6.37. The summed E-state index contributed by atoms with van der Waals surface area (Å²) in [5, 5.41) is 0. The molecule has 1 heterocycles. The van der Waals surface area contributed by atoms with Crippen LogP contribution in [-0.4, -0.2) is 19.8 Å². The van der Waals surface area contributed by atoms with Gasteiger partial charge in [-0.15, -0.1) is 0 Å². The molecule has 1 amide bonds. The third-order valence-electron chi connectivity index (χ3n) is 1.60. The van der Waals surface area contributed by atoms with Gasteiger partial charge in [0.05, 0.1) is 10.8 Å². The third kappa shape index (κ3) is 2.79. The van der Waals surface area contributed by atoms with E-state index in [0.717, 1.165) is 0 Å². The van der Waals surface area contributed by atoms with Crippen LogP contribution in [0.3, 0.4) is 0 Å². The summed E-state index contributed by atoms with van der Waals surface area (Å²) in [7, 11) is -3.68. The van der Waals surface area contributed by atoms with Crippen LogP contribution in [0.2, 0.25) is 0 Å². The molecule has 1 aromatic rings. The monoisotopic (exact) mass is 239 g/mol. The Hall–Kier alpha value is -0.400. The molecule has 0 fully saturated rings. The molecule has 0 atom stereocenters. The van der Waals surface area contributed by atoms with E-state index in [1.807, 2.05) is 0 Å². The smallest absolute Gasteiger partial charge is 0.537 e. The van der Waals surface area contributed by atoms with Gasteiger partial charge in [0.25, 0.3) is 0 Å². The standard InChI is InChI=1S/C7H5NO3S.CH4.Na.H2O/c9-7-5-3-1-2-4-6(5)12(10,11)8-7;;;/h1-4H,(H,8,9);1H4;;1H2/q;;+1;/p-1. The second-order valence-electron chi connectivity index (χ2n) is 2.37. The average molecular weight is 239 g/mol. The molecule has 0 spiro atoms. The molecule has 2 N–H and O–H groups in total. The first-order chi connectivity index (χ1) is 5.61. The van der Waals surface area contributed by atoms with Gasteiger partial charge in [0, 0.05) is 5.56 Å². The Morgan fingerprint density at radius 3 is 2.20 bits per heavy atom. The summed E-state index contributed by atoms with van der Waals surface area (Å²) in [5.41, 5.74) is 0.164. The molecule has 5 nitrogen and oxygen atoms in total. The van der Waals surface area contributed by atoms with Crippen molar-refractivity contribution in [3.8, 4) is 0 Å². The van der Waals surface area contributed by atoms with Crippen molar-refractivity contribution in [2.75, 3.05) is 0 Å². The first-order valence-corrected chi connectivity index (χ1v) is 4.67. The van der Waals surface area contributed by atoms with Gasteiger partial charge < -0.3 is 15.0 Å². The van der Waals surface area contributed by atoms with Gasteiger partial charge >= 0.3 is 29.6 Å². The minimum absolute atomic E-state index is 0. The van der Waals surface area contributed by atoms with Gasteiger partial charge in [-0.3, -0.25) is 0 Å². The molecule has 0 saturated heterocycles. The summed E-state index contributed by atoms with van der Waals surface area (Å²) >= 11 is 0.